The summed E-state index contributed by atoms with van der Waals surface area (Å²) in [7, 11) is 0. The molecule has 0 aromatic heterocycles. The molecule has 0 bridgehead atoms. The predicted molar refractivity (Wildman–Crippen MR) is 70.3 cm³/mol. The number of piperidine rings is 1. The molecule has 1 saturated heterocycles. The van der Waals surface area contributed by atoms with Crippen LogP contribution in [0.25, 0.3) is 0 Å². The van der Waals surface area contributed by atoms with Crippen LogP contribution in [-0.2, 0) is 5.88 Å². The Hall–Kier alpha value is -1.02. The second-order valence-corrected chi connectivity index (χ2v) is 4.94. The second-order valence-electron chi connectivity index (χ2n) is 4.67. The molecule has 1 aromatic rings. The van der Waals surface area contributed by atoms with Crippen molar-refractivity contribution in [3.63, 3.8) is 0 Å². The van der Waals surface area contributed by atoms with Gasteiger partial charge in [0.25, 0.3) is 5.91 Å². The third-order valence-electron chi connectivity index (χ3n) is 3.42. The van der Waals surface area contributed by atoms with Crippen LogP contribution in [0.15, 0.2) is 24.3 Å². The van der Waals surface area contributed by atoms with Crippen molar-refractivity contribution in [2.45, 2.75) is 38.1 Å². The lowest BCUT2D eigenvalue weighted by atomic mass is 10.0. The van der Waals surface area contributed by atoms with Crippen LogP contribution in [-0.4, -0.2) is 23.4 Å². The van der Waals surface area contributed by atoms with Gasteiger partial charge < -0.3 is 4.90 Å². The van der Waals surface area contributed by atoms with Crippen molar-refractivity contribution in [1.29, 1.82) is 0 Å². The Morgan fingerprint density at radius 2 is 2.06 bits per heavy atom. The molecule has 1 fully saturated rings. The number of rotatable bonds is 2. The Balaban J connectivity index is 2.12. The van der Waals surface area contributed by atoms with E-state index < -0.39 is 0 Å². The number of alkyl halides is 1. The first kappa shape index (κ1) is 12.4. The quantitative estimate of drug-likeness (QED) is 0.738. The number of amides is 1. The molecule has 0 saturated carbocycles. The maximum atomic E-state index is 12.3. The zero-order valence-corrected chi connectivity index (χ0v) is 10.9. The van der Waals surface area contributed by atoms with E-state index in [1.807, 2.05) is 29.2 Å². The Kier molecular flexibility index (Phi) is 4.06. The number of carbonyl (C=O) groups is 1. The molecule has 1 atom stereocenters. The van der Waals surface area contributed by atoms with E-state index in [0.29, 0.717) is 11.9 Å². The maximum Gasteiger partial charge on any atom is 0.254 e. The molecule has 1 heterocycles. The summed E-state index contributed by atoms with van der Waals surface area (Å²) in [5.41, 5.74) is 1.82. The summed E-state index contributed by atoms with van der Waals surface area (Å²) in [6, 6.07) is 7.97. The molecule has 1 amide bonds. The van der Waals surface area contributed by atoms with E-state index in [0.717, 1.165) is 30.5 Å². The van der Waals surface area contributed by atoms with E-state index in [-0.39, 0.29) is 5.91 Å². The van der Waals surface area contributed by atoms with Gasteiger partial charge in [0.2, 0.25) is 0 Å². The molecule has 1 aromatic carbocycles. The summed E-state index contributed by atoms with van der Waals surface area (Å²) in [4.78, 5) is 14.3. The fourth-order valence-electron chi connectivity index (χ4n) is 2.30. The Bertz CT molecular complexity index is 388. The SMILES string of the molecule is CC1CCCCN1C(=O)c1ccc(CCl)cc1. The normalized spacial score (nSPS) is 20.4. The minimum Gasteiger partial charge on any atom is -0.336 e. The highest BCUT2D eigenvalue weighted by Crippen LogP contribution is 2.19. The Morgan fingerprint density at radius 1 is 1.35 bits per heavy atom. The minimum absolute atomic E-state index is 0.151. The molecule has 0 spiro atoms. The zero-order chi connectivity index (χ0) is 12.3. The van der Waals surface area contributed by atoms with E-state index in [1.54, 1.807) is 0 Å². The highest BCUT2D eigenvalue weighted by molar-refractivity contribution is 6.17. The lowest BCUT2D eigenvalue weighted by Crippen LogP contribution is -2.42. The number of hydrogen-bond acceptors (Lipinski definition) is 1. The van der Waals surface area contributed by atoms with Crippen molar-refractivity contribution >= 4 is 17.5 Å². The van der Waals surface area contributed by atoms with Crippen LogP contribution in [0.2, 0.25) is 0 Å². The summed E-state index contributed by atoms with van der Waals surface area (Å²) in [6.07, 6.45) is 3.47. The summed E-state index contributed by atoms with van der Waals surface area (Å²) in [5, 5.41) is 0. The van der Waals surface area contributed by atoms with Gasteiger partial charge in [-0.1, -0.05) is 12.1 Å². The van der Waals surface area contributed by atoms with Gasteiger partial charge in [-0.3, -0.25) is 4.79 Å². The van der Waals surface area contributed by atoms with Crippen LogP contribution >= 0.6 is 11.6 Å². The van der Waals surface area contributed by atoms with Gasteiger partial charge in [0, 0.05) is 24.0 Å². The van der Waals surface area contributed by atoms with Gasteiger partial charge in [0.1, 0.15) is 0 Å². The van der Waals surface area contributed by atoms with Crippen molar-refractivity contribution in [2.75, 3.05) is 6.54 Å². The van der Waals surface area contributed by atoms with Gasteiger partial charge >= 0.3 is 0 Å². The van der Waals surface area contributed by atoms with E-state index in [2.05, 4.69) is 6.92 Å². The van der Waals surface area contributed by atoms with Crippen LogP contribution in [0, 0.1) is 0 Å². The average Bonchev–Trinajstić information content (AvgIpc) is 2.39. The summed E-state index contributed by atoms with van der Waals surface area (Å²) in [6.45, 7) is 3.02. The van der Waals surface area contributed by atoms with Crippen molar-refractivity contribution in [2.24, 2.45) is 0 Å². The Labute approximate surface area is 108 Å². The molecule has 92 valence electrons. The maximum absolute atomic E-state index is 12.3. The standard InChI is InChI=1S/C14H18ClNO/c1-11-4-2-3-9-16(11)14(17)13-7-5-12(10-15)6-8-13/h5-8,11H,2-4,9-10H2,1H3. The average molecular weight is 252 g/mol. The molecule has 1 unspecified atom stereocenters. The van der Waals surface area contributed by atoms with Gasteiger partial charge in [-0.25, -0.2) is 0 Å². The van der Waals surface area contributed by atoms with Crippen molar-refractivity contribution < 1.29 is 4.79 Å². The predicted octanol–water partition coefficient (Wildman–Crippen LogP) is 3.44. The van der Waals surface area contributed by atoms with Crippen molar-refractivity contribution in [3.05, 3.63) is 35.4 Å². The first-order valence-corrected chi connectivity index (χ1v) is 6.71. The van der Waals surface area contributed by atoms with Gasteiger partial charge in [-0.05, 0) is 43.9 Å². The van der Waals surface area contributed by atoms with E-state index in [9.17, 15) is 4.79 Å². The van der Waals surface area contributed by atoms with E-state index in [1.165, 1.54) is 6.42 Å². The van der Waals surface area contributed by atoms with E-state index in [4.69, 9.17) is 11.6 Å². The van der Waals surface area contributed by atoms with Gasteiger partial charge in [0.15, 0.2) is 0 Å². The van der Waals surface area contributed by atoms with Gasteiger partial charge in [-0.2, -0.15) is 0 Å². The second kappa shape index (κ2) is 5.54. The fraction of sp³-hybridized carbons (Fsp3) is 0.500. The number of halogens is 1. The lowest BCUT2D eigenvalue weighted by Gasteiger charge is -2.33. The molecular formula is C14H18ClNO. The van der Waals surface area contributed by atoms with Crippen LogP contribution < -0.4 is 0 Å². The number of carbonyl (C=O) groups excluding carboxylic acids is 1. The smallest absolute Gasteiger partial charge is 0.254 e. The van der Waals surface area contributed by atoms with Crippen LogP contribution in [0.5, 0.6) is 0 Å². The zero-order valence-electron chi connectivity index (χ0n) is 10.2. The summed E-state index contributed by atoms with van der Waals surface area (Å²) < 4.78 is 0. The molecule has 1 aliphatic rings. The monoisotopic (exact) mass is 251 g/mol. The molecule has 17 heavy (non-hydrogen) atoms. The number of likely N-dealkylation sites (tertiary alicyclic amines) is 1. The third-order valence-corrected chi connectivity index (χ3v) is 3.73. The first-order chi connectivity index (χ1) is 8.22. The molecule has 2 nitrogen and oxygen atoms in total. The molecule has 0 radical (unpaired) electrons. The number of benzene rings is 1. The number of hydrogen-bond donors (Lipinski definition) is 0. The minimum atomic E-state index is 0.151. The summed E-state index contributed by atoms with van der Waals surface area (Å²) in [5.74, 6) is 0.646. The van der Waals surface area contributed by atoms with Crippen LogP contribution in [0.4, 0.5) is 0 Å². The van der Waals surface area contributed by atoms with E-state index >= 15 is 0 Å². The molecule has 3 heteroatoms. The largest absolute Gasteiger partial charge is 0.336 e. The molecular weight excluding hydrogens is 234 g/mol. The van der Waals surface area contributed by atoms with Crippen molar-refractivity contribution in [3.8, 4) is 0 Å². The highest BCUT2D eigenvalue weighted by Gasteiger charge is 2.23. The van der Waals surface area contributed by atoms with Gasteiger partial charge in [0.05, 0.1) is 0 Å². The molecule has 0 N–H and O–H groups in total. The first-order valence-electron chi connectivity index (χ1n) is 6.18. The number of nitrogens with zero attached hydrogens (tertiary/aromatic N) is 1. The van der Waals surface area contributed by atoms with Crippen LogP contribution in [0.1, 0.15) is 42.1 Å². The molecule has 0 aliphatic carbocycles. The fourth-order valence-corrected chi connectivity index (χ4v) is 2.48. The lowest BCUT2D eigenvalue weighted by molar-refractivity contribution is 0.0635. The molecule has 2 rings (SSSR count). The van der Waals surface area contributed by atoms with Gasteiger partial charge in [-0.15, -0.1) is 11.6 Å². The van der Waals surface area contributed by atoms with Crippen molar-refractivity contribution in [1.82, 2.24) is 4.90 Å². The molecule has 1 aliphatic heterocycles. The van der Waals surface area contributed by atoms with Crippen LogP contribution in [0.3, 0.4) is 0 Å². The third kappa shape index (κ3) is 2.81. The Morgan fingerprint density at radius 3 is 2.65 bits per heavy atom. The highest BCUT2D eigenvalue weighted by atomic mass is 35.5. The summed E-state index contributed by atoms with van der Waals surface area (Å²) >= 11 is 5.74. The topological polar surface area (TPSA) is 20.3 Å².